The summed E-state index contributed by atoms with van der Waals surface area (Å²) in [6.07, 6.45) is -0.568. The lowest BCUT2D eigenvalue weighted by atomic mass is 10.2. The maximum Gasteiger partial charge on any atom is 0.131 e. The molecule has 102 valence electrons. The summed E-state index contributed by atoms with van der Waals surface area (Å²) in [7, 11) is 4.86. The topological polar surface area (TPSA) is 41.9 Å². The van der Waals surface area contributed by atoms with Crippen LogP contribution in [0.25, 0.3) is 0 Å². The molecule has 0 saturated heterocycles. The molecule has 0 amide bonds. The molecule has 5 heteroatoms. The number of aliphatic hydroxyl groups is 1. The van der Waals surface area contributed by atoms with E-state index in [2.05, 4.69) is 0 Å². The largest absolute Gasteiger partial charge is 0.497 e. The van der Waals surface area contributed by atoms with Crippen molar-refractivity contribution in [1.82, 2.24) is 4.90 Å². The van der Waals surface area contributed by atoms with E-state index in [9.17, 15) is 9.50 Å². The molecule has 0 spiro atoms. The van der Waals surface area contributed by atoms with Gasteiger partial charge in [0, 0.05) is 31.8 Å². The average Bonchev–Trinajstić information content (AvgIpc) is 2.31. The fourth-order valence-corrected chi connectivity index (χ4v) is 1.74. The van der Waals surface area contributed by atoms with Gasteiger partial charge in [0.2, 0.25) is 0 Å². The van der Waals surface area contributed by atoms with Crippen molar-refractivity contribution in [3.05, 3.63) is 29.6 Å². The second-order valence-corrected chi connectivity index (χ2v) is 4.26. The third kappa shape index (κ3) is 4.60. The van der Waals surface area contributed by atoms with Crippen LogP contribution < -0.4 is 4.74 Å². The molecule has 1 rings (SSSR count). The monoisotopic (exact) mass is 257 g/mol. The Morgan fingerprint density at radius 1 is 1.39 bits per heavy atom. The Morgan fingerprint density at radius 3 is 2.67 bits per heavy atom. The third-order valence-electron chi connectivity index (χ3n) is 2.58. The first-order valence-corrected chi connectivity index (χ1v) is 5.74. The standard InChI is InChI=1S/C13H20FNO3/c1-15(8-11(16)9-17-2)7-10-4-5-12(18-3)6-13(10)14/h4-6,11,16H,7-9H2,1-3H3. The van der Waals surface area contributed by atoms with Gasteiger partial charge < -0.3 is 14.6 Å². The van der Waals surface area contributed by atoms with E-state index in [-0.39, 0.29) is 12.4 Å². The molecule has 4 nitrogen and oxygen atoms in total. The van der Waals surface area contributed by atoms with Crippen LogP contribution >= 0.6 is 0 Å². The highest BCUT2D eigenvalue weighted by Gasteiger charge is 2.11. The molecular formula is C13H20FNO3. The summed E-state index contributed by atoms with van der Waals surface area (Å²) in [6, 6.07) is 4.76. The Kier molecular flexibility index (Phi) is 6.04. The minimum atomic E-state index is -0.568. The van der Waals surface area contributed by atoms with Crippen LogP contribution in [0, 0.1) is 5.82 Å². The van der Waals surface area contributed by atoms with E-state index in [1.54, 1.807) is 12.1 Å². The Balaban J connectivity index is 2.56. The zero-order chi connectivity index (χ0) is 13.5. The van der Waals surface area contributed by atoms with Crippen LogP contribution in [0.1, 0.15) is 5.56 Å². The van der Waals surface area contributed by atoms with Crippen LogP contribution in [0.2, 0.25) is 0 Å². The van der Waals surface area contributed by atoms with Crippen molar-refractivity contribution < 1.29 is 19.0 Å². The molecule has 18 heavy (non-hydrogen) atoms. The highest BCUT2D eigenvalue weighted by atomic mass is 19.1. The lowest BCUT2D eigenvalue weighted by molar-refractivity contribution is 0.0417. The second kappa shape index (κ2) is 7.31. The quantitative estimate of drug-likeness (QED) is 0.799. The Labute approximate surface area is 107 Å². The number of rotatable bonds is 7. The van der Waals surface area contributed by atoms with Gasteiger partial charge in [-0.3, -0.25) is 4.90 Å². The molecule has 1 aromatic rings. The molecule has 1 aromatic carbocycles. The van der Waals surface area contributed by atoms with E-state index in [1.807, 2.05) is 11.9 Å². The number of hydrogen-bond donors (Lipinski definition) is 1. The van der Waals surface area contributed by atoms with Gasteiger partial charge in [0.05, 0.1) is 19.8 Å². The minimum Gasteiger partial charge on any atom is -0.497 e. The molecule has 0 fully saturated rings. The summed E-state index contributed by atoms with van der Waals surface area (Å²) >= 11 is 0. The van der Waals surface area contributed by atoms with Crippen molar-refractivity contribution >= 4 is 0 Å². The number of halogens is 1. The molecule has 1 N–H and O–H groups in total. The molecule has 0 aliphatic carbocycles. The first-order valence-electron chi connectivity index (χ1n) is 5.74. The number of likely N-dealkylation sites (N-methyl/N-ethyl adjacent to an activating group) is 1. The zero-order valence-corrected chi connectivity index (χ0v) is 11.0. The van der Waals surface area contributed by atoms with Crippen molar-refractivity contribution in [2.45, 2.75) is 12.6 Å². The molecular weight excluding hydrogens is 237 g/mol. The van der Waals surface area contributed by atoms with E-state index < -0.39 is 6.10 Å². The smallest absolute Gasteiger partial charge is 0.131 e. The van der Waals surface area contributed by atoms with Crippen molar-refractivity contribution in [1.29, 1.82) is 0 Å². The molecule has 0 aliphatic rings. The summed E-state index contributed by atoms with van der Waals surface area (Å²) in [5, 5.41) is 9.57. The van der Waals surface area contributed by atoms with Gasteiger partial charge in [-0.15, -0.1) is 0 Å². The highest BCUT2D eigenvalue weighted by Crippen LogP contribution is 2.17. The van der Waals surface area contributed by atoms with Crippen molar-refractivity contribution in [3.63, 3.8) is 0 Å². The van der Waals surface area contributed by atoms with Gasteiger partial charge in [0.15, 0.2) is 0 Å². The number of benzene rings is 1. The van der Waals surface area contributed by atoms with Gasteiger partial charge in [0.25, 0.3) is 0 Å². The SMILES string of the molecule is COCC(O)CN(C)Cc1ccc(OC)cc1F. The first-order chi connectivity index (χ1) is 8.56. The van der Waals surface area contributed by atoms with Crippen LogP contribution in [-0.2, 0) is 11.3 Å². The van der Waals surface area contributed by atoms with Crippen LogP contribution in [0.15, 0.2) is 18.2 Å². The lowest BCUT2D eigenvalue weighted by Gasteiger charge is -2.20. The third-order valence-corrected chi connectivity index (χ3v) is 2.58. The molecule has 0 aliphatic heterocycles. The molecule has 1 atom stereocenters. The van der Waals surface area contributed by atoms with Crippen molar-refractivity contribution in [2.75, 3.05) is 34.4 Å². The maximum atomic E-state index is 13.7. The van der Waals surface area contributed by atoms with Crippen LogP contribution in [-0.4, -0.2) is 50.5 Å². The molecule has 0 radical (unpaired) electrons. The van der Waals surface area contributed by atoms with E-state index in [0.717, 1.165) is 0 Å². The molecule has 0 bridgehead atoms. The Morgan fingerprint density at radius 2 is 2.11 bits per heavy atom. The zero-order valence-electron chi connectivity index (χ0n) is 11.0. The first kappa shape index (κ1) is 14.9. The number of ether oxygens (including phenoxy) is 2. The van der Waals surface area contributed by atoms with Gasteiger partial charge in [0.1, 0.15) is 11.6 Å². The molecule has 0 saturated carbocycles. The fourth-order valence-electron chi connectivity index (χ4n) is 1.74. The number of methoxy groups -OCH3 is 2. The minimum absolute atomic E-state index is 0.273. The van der Waals surface area contributed by atoms with Gasteiger partial charge in [-0.05, 0) is 13.1 Å². The van der Waals surface area contributed by atoms with E-state index in [4.69, 9.17) is 9.47 Å². The van der Waals surface area contributed by atoms with Crippen LogP contribution in [0.3, 0.4) is 0 Å². The maximum absolute atomic E-state index is 13.7. The van der Waals surface area contributed by atoms with Crippen molar-refractivity contribution in [3.8, 4) is 5.75 Å². The Bertz CT molecular complexity index is 373. The lowest BCUT2D eigenvalue weighted by Crippen LogP contribution is -2.31. The number of hydrogen-bond acceptors (Lipinski definition) is 4. The fraction of sp³-hybridized carbons (Fsp3) is 0.538. The van der Waals surface area contributed by atoms with Crippen LogP contribution in [0.4, 0.5) is 4.39 Å². The van der Waals surface area contributed by atoms with Crippen molar-refractivity contribution in [2.24, 2.45) is 0 Å². The summed E-state index contributed by atoms with van der Waals surface area (Å²) < 4.78 is 23.5. The van der Waals surface area contributed by atoms with Crippen LogP contribution in [0.5, 0.6) is 5.75 Å². The Hall–Kier alpha value is -1.17. The van der Waals surface area contributed by atoms with Gasteiger partial charge in [-0.1, -0.05) is 6.07 Å². The van der Waals surface area contributed by atoms with Gasteiger partial charge >= 0.3 is 0 Å². The molecule has 0 heterocycles. The number of nitrogens with zero attached hydrogens (tertiary/aromatic N) is 1. The highest BCUT2D eigenvalue weighted by molar-refractivity contribution is 5.28. The van der Waals surface area contributed by atoms with E-state index in [0.29, 0.717) is 24.4 Å². The van der Waals surface area contributed by atoms with E-state index >= 15 is 0 Å². The normalized spacial score (nSPS) is 12.8. The summed E-state index contributed by atoms with van der Waals surface area (Å²) in [5.41, 5.74) is 0.572. The van der Waals surface area contributed by atoms with Gasteiger partial charge in [-0.2, -0.15) is 0 Å². The summed E-state index contributed by atoms with van der Waals surface area (Å²) in [6.45, 7) is 1.13. The second-order valence-electron chi connectivity index (χ2n) is 4.26. The molecule has 0 aromatic heterocycles. The summed E-state index contributed by atoms with van der Waals surface area (Å²) in [5.74, 6) is 0.195. The van der Waals surface area contributed by atoms with E-state index in [1.165, 1.54) is 20.3 Å². The predicted octanol–water partition coefficient (Wildman–Crippen LogP) is 1.27. The average molecular weight is 257 g/mol. The molecule has 1 unspecified atom stereocenters. The van der Waals surface area contributed by atoms with Gasteiger partial charge in [-0.25, -0.2) is 4.39 Å². The predicted molar refractivity (Wildman–Crippen MR) is 67.2 cm³/mol. The summed E-state index contributed by atoms with van der Waals surface area (Å²) in [4.78, 5) is 1.84. The number of aliphatic hydroxyl groups excluding tert-OH is 1.